The van der Waals surface area contributed by atoms with E-state index in [-0.39, 0.29) is 29.9 Å². The van der Waals surface area contributed by atoms with Crippen LogP contribution in [0.4, 0.5) is 0 Å². The highest BCUT2D eigenvalue weighted by atomic mass is 16.5. The quantitative estimate of drug-likeness (QED) is 0.687. The maximum absolute atomic E-state index is 13.6. The maximum atomic E-state index is 13.6. The zero-order valence-electron chi connectivity index (χ0n) is 16.1. The van der Waals surface area contributed by atoms with Crippen molar-refractivity contribution in [3.05, 3.63) is 58.7 Å². The number of rotatable bonds is 2. The van der Waals surface area contributed by atoms with Crippen molar-refractivity contribution >= 4 is 22.2 Å². The van der Waals surface area contributed by atoms with Gasteiger partial charge in [-0.3, -0.25) is 13.8 Å². The van der Waals surface area contributed by atoms with Crippen LogP contribution in [0.15, 0.2) is 47.3 Å². The number of ketones is 1. The van der Waals surface area contributed by atoms with Crippen LogP contribution in [0.2, 0.25) is 0 Å². The molecule has 0 saturated heterocycles. The molecule has 1 aliphatic heterocycles. The van der Waals surface area contributed by atoms with Crippen molar-refractivity contribution in [2.45, 2.75) is 38.5 Å². The van der Waals surface area contributed by atoms with Gasteiger partial charge in [0.1, 0.15) is 11.4 Å². The molecule has 1 aliphatic carbocycles. The molecular formula is C22H22N2O4. The molecule has 6 nitrogen and oxygen atoms in total. The standard InChI is InChI=1S/C22H22N2O4/c1-13(2)22-7-6-17(25)11-20(22)24-16(12-28-22)10-15-8-14-9-18(27-3)4-5-19(14)23(15)21(24)26/h4-10,13,20H,11-12H2,1-3H3/t20-,22-/m1/s1. The van der Waals surface area contributed by atoms with E-state index in [1.165, 1.54) is 0 Å². The minimum Gasteiger partial charge on any atom is -0.497 e. The Hall–Kier alpha value is -2.86. The maximum Gasteiger partial charge on any atom is 0.333 e. The molecule has 0 fully saturated rings. The fourth-order valence-corrected chi connectivity index (χ4v) is 4.71. The molecule has 0 spiro atoms. The number of hydrogen-bond donors (Lipinski definition) is 0. The number of hydrogen-bond acceptors (Lipinski definition) is 4. The molecule has 3 heterocycles. The lowest BCUT2D eigenvalue weighted by Gasteiger charge is -2.47. The molecule has 2 aliphatic rings. The Morgan fingerprint density at radius 1 is 1.21 bits per heavy atom. The summed E-state index contributed by atoms with van der Waals surface area (Å²) in [5.41, 5.74) is 1.67. The van der Waals surface area contributed by atoms with E-state index < -0.39 is 5.60 Å². The molecule has 0 saturated carbocycles. The van der Waals surface area contributed by atoms with Gasteiger partial charge in [0.2, 0.25) is 0 Å². The minimum atomic E-state index is -0.648. The molecule has 0 N–H and O–H groups in total. The lowest BCUT2D eigenvalue weighted by Crippen LogP contribution is -2.54. The van der Waals surface area contributed by atoms with Crippen molar-refractivity contribution in [2.24, 2.45) is 5.92 Å². The monoisotopic (exact) mass is 378 g/mol. The molecular weight excluding hydrogens is 356 g/mol. The smallest absolute Gasteiger partial charge is 0.333 e. The predicted octanol–water partition coefficient (Wildman–Crippen LogP) is 3.26. The average Bonchev–Trinajstić information content (AvgIpc) is 3.05. The number of benzene rings is 1. The first-order chi connectivity index (χ1) is 13.4. The molecule has 2 aromatic heterocycles. The zero-order valence-corrected chi connectivity index (χ0v) is 16.1. The average molecular weight is 378 g/mol. The molecule has 0 unspecified atom stereocenters. The van der Waals surface area contributed by atoms with Gasteiger partial charge in [-0.25, -0.2) is 4.79 Å². The molecule has 3 aromatic rings. The number of carbonyl (C=O) groups excluding carboxylic acids is 1. The Morgan fingerprint density at radius 3 is 2.79 bits per heavy atom. The van der Waals surface area contributed by atoms with Crippen molar-refractivity contribution in [2.75, 3.05) is 7.11 Å². The third kappa shape index (κ3) is 2.18. The Labute approximate surface area is 162 Å². The molecule has 1 aromatic carbocycles. The summed E-state index contributed by atoms with van der Waals surface area (Å²) in [7, 11) is 1.63. The van der Waals surface area contributed by atoms with E-state index >= 15 is 0 Å². The Kier molecular flexibility index (Phi) is 3.58. The molecule has 6 heteroatoms. The molecule has 0 bridgehead atoms. The number of ether oxygens (including phenoxy) is 2. The zero-order chi connectivity index (χ0) is 19.6. The molecule has 2 atom stereocenters. The van der Waals surface area contributed by atoms with Crippen LogP contribution in [0.5, 0.6) is 5.75 Å². The summed E-state index contributed by atoms with van der Waals surface area (Å²) in [5, 5.41) is 0.940. The predicted molar refractivity (Wildman–Crippen MR) is 106 cm³/mol. The van der Waals surface area contributed by atoms with Crippen molar-refractivity contribution in [1.29, 1.82) is 0 Å². The van der Waals surface area contributed by atoms with Crippen LogP contribution in [0.3, 0.4) is 0 Å². The van der Waals surface area contributed by atoms with Gasteiger partial charge in [0.25, 0.3) is 0 Å². The van der Waals surface area contributed by atoms with Crippen LogP contribution in [-0.2, 0) is 16.1 Å². The van der Waals surface area contributed by atoms with Gasteiger partial charge in [-0.05, 0) is 48.4 Å². The van der Waals surface area contributed by atoms with Crippen molar-refractivity contribution in [3.8, 4) is 5.75 Å². The summed E-state index contributed by atoms with van der Waals surface area (Å²) in [5.74, 6) is 0.897. The first-order valence-corrected chi connectivity index (χ1v) is 9.54. The fraction of sp³-hybridized carbons (Fsp3) is 0.364. The summed E-state index contributed by atoms with van der Waals surface area (Å²) in [4.78, 5) is 25.9. The number of carbonyl (C=O) groups is 1. The van der Waals surface area contributed by atoms with Crippen molar-refractivity contribution in [3.63, 3.8) is 0 Å². The van der Waals surface area contributed by atoms with Gasteiger partial charge < -0.3 is 9.47 Å². The molecule has 0 amide bonds. The normalized spacial score (nSPS) is 24.0. The number of methoxy groups -OCH3 is 1. The number of nitrogens with zero attached hydrogens (tertiary/aromatic N) is 2. The van der Waals surface area contributed by atoms with Crippen molar-refractivity contribution in [1.82, 2.24) is 8.97 Å². The third-order valence-corrected chi connectivity index (χ3v) is 6.19. The van der Waals surface area contributed by atoms with Gasteiger partial charge >= 0.3 is 5.69 Å². The third-order valence-electron chi connectivity index (χ3n) is 6.19. The molecule has 0 radical (unpaired) electrons. The van der Waals surface area contributed by atoms with Crippen LogP contribution in [0.25, 0.3) is 16.4 Å². The summed E-state index contributed by atoms with van der Waals surface area (Å²) in [6.45, 7) is 4.47. The van der Waals surface area contributed by atoms with E-state index in [0.29, 0.717) is 6.61 Å². The van der Waals surface area contributed by atoms with Crippen LogP contribution >= 0.6 is 0 Å². The second-order valence-electron chi connectivity index (χ2n) is 7.93. The topological polar surface area (TPSA) is 61.9 Å². The van der Waals surface area contributed by atoms with Crippen LogP contribution in [0.1, 0.15) is 32.0 Å². The summed E-state index contributed by atoms with van der Waals surface area (Å²) in [6, 6.07) is 9.30. The number of allylic oxidation sites excluding steroid dienone is 1. The van der Waals surface area contributed by atoms with E-state index in [1.54, 1.807) is 22.2 Å². The summed E-state index contributed by atoms with van der Waals surface area (Å²) < 4.78 is 15.1. The minimum absolute atomic E-state index is 0.0202. The Morgan fingerprint density at radius 2 is 2.04 bits per heavy atom. The van der Waals surface area contributed by atoms with Gasteiger partial charge in [0.15, 0.2) is 5.78 Å². The van der Waals surface area contributed by atoms with Crippen LogP contribution < -0.4 is 10.4 Å². The van der Waals surface area contributed by atoms with E-state index in [0.717, 1.165) is 27.9 Å². The van der Waals surface area contributed by atoms with Crippen LogP contribution in [-0.4, -0.2) is 27.5 Å². The molecule has 5 rings (SSSR count). The van der Waals surface area contributed by atoms with E-state index in [1.807, 2.05) is 36.4 Å². The van der Waals surface area contributed by atoms with E-state index in [4.69, 9.17) is 9.47 Å². The SMILES string of the molecule is COc1ccc2c(c1)cc1cc3n(c(=O)n12)[C@@H]1CC(=O)C=C[C@]1(C(C)C)OC3. The van der Waals surface area contributed by atoms with Gasteiger partial charge in [0, 0.05) is 11.8 Å². The highest BCUT2D eigenvalue weighted by Gasteiger charge is 2.48. The lowest BCUT2D eigenvalue weighted by atomic mass is 9.76. The van der Waals surface area contributed by atoms with E-state index in [2.05, 4.69) is 13.8 Å². The van der Waals surface area contributed by atoms with Gasteiger partial charge in [-0.15, -0.1) is 0 Å². The van der Waals surface area contributed by atoms with Gasteiger partial charge in [-0.1, -0.05) is 13.8 Å². The Bertz CT molecular complexity index is 1220. The fourth-order valence-electron chi connectivity index (χ4n) is 4.71. The summed E-state index contributed by atoms with van der Waals surface area (Å²) >= 11 is 0. The van der Waals surface area contributed by atoms with Crippen molar-refractivity contribution < 1.29 is 14.3 Å². The lowest BCUT2D eigenvalue weighted by molar-refractivity contribution is -0.134. The summed E-state index contributed by atoms with van der Waals surface area (Å²) in [6.07, 6.45) is 3.72. The molecule has 28 heavy (non-hydrogen) atoms. The van der Waals surface area contributed by atoms with Gasteiger partial charge in [-0.2, -0.15) is 0 Å². The highest BCUT2D eigenvalue weighted by molar-refractivity contribution is 5.91. The first-order valence-electron chi connectivity index (χ1n) is 9.54. The number of aromatic nitrogens is 2. The largest absolute Gasteiger partial charge is 0.497 e. The second-order valence-corrected chi connectivity index (χ2v) is 7.93. The van der Waals surface area contributed by atoms with Crippen LogP contribution in [0, 0.1) is 5.92 Å². The first kappa shape index (κ1) is 17.3. The second kappa shape index (κ2) is 5.82. The molecule has 144 valence electrons. The Balaban J connectivity index is 1.82. The highest BCUT2D eigenvalue weighted by Crippen LogP contribution is 2.44. The number of fused-ring (bicyclic) bond motifs is 6. The van der Waals surface area contributed by atoms with Gasteiger partial charge in [0.05, 0.1) is 36.5 Å². The van der Waals surface area contributed by atoms with E-state index in [9.17, 15) is 9.59 Å².